The number of nitrogens with two attached hydrogens (primary N) is 1. The molecule has 1 aliphatic heterocycles. The SMILES string of the molecule is CCCCCCCCCCc1ccc(-n2c(N)c3c(cc2=O)C(=O)NC3=O)cc1. The van der Waals surface area contributed by atoms with E-state index in [2.05, 4.69) is 12.2 Å². The Bertz CT molecular complexity index is 945. The van der Waals surface area contributed by atoms with Crippen LogP contribution in [0.4, 0.5) is 5.82 Å². The molecular weight excluding hydrogens is 366 g/mol. The van der Waals surface area contributed by atoms with E-state index < -0.39 is 17.4 Å². The second kappa shape index (κ2) is 9.54. The minimum Gasteiger partial charge on any atom is -0.384 e. The maximum Gasteiger partial charge on any atom is 0.262 e. The van der Waals surface area contributed by atoms with Gasteiger partial charge in [-0.05, 0) is 30.5 Å². The van der Waals surface area contributed by atoms with Crippen LogP contribution in [0.15, 0.2) is 35.1 Å². The van der Waals surface area contributed by atoms with Crippen molar-refractivity contribution in [1.29, 1.82) is 0 Å². The molecular formula is C23H29N3O3. The first kappa shape index (κ1) is 20.8. The molecule has 0 radical (unpaired) electrons. The van der Waals surface area contributed by atoms with Gasteiger partial charge in [0, 0.05) is 6.07 Å². The first-order chi connectivity index (χ1) is 14.0. The number of benzene rings is 1. The van der Waals surface area contributed by atoms with Crippen LogP contribution in [0.3, 0.4) is 0 Å². The number of fused-ring (bicyclic) bond motifs is 1. The second-order valence-electron chi connectivity index (χ2n) is 7.67. The minimum atomic E-state index is -0.582. The van der Waals surface area contributed by atoms with Crippen molar-refractivity contribution < 1.29 is 9.59 Å². The van der Waals surface area contributed by atoms with Crippen LogP contribution >= 0.6 is 0 Å². The molecule has 154 valence electrons. The maximum absolute atomic E-state index is 12.5. The molecule has 2 aromatic rings. The smallest absolute Gasteiger partial charge is 0.262 e. The average molecular weight is 396 g/mol. The highest BCUT2D eigenvalue weighted by Gasteiger charge is 2.31. The van der Waals surface area contributed by atoms with E-state index in [0.717, 1.165) is 12.8 Å². The summed E-state index contributed by atoms with van der Waals surface area (Å²) in [5, 5.41) is 2.18. The molecule has 1 aromatic carbocycles. The van der Waals surface area contributed by atoms with E-state index in [9.17, 15) is 14.4 Å². The zero-order valence-electron chi connectivity index (χ0n) is 17.0. The third-order valence-corrected chi connectivity index (χ3v) is 5.47. The Labute approximate surface area is 171 Å². The molecule has 1 aromatic heterocycles. The van der Waals surface area contributed by atoms with Crippen LogP contribution in [-0.4, -0.2) is 16.4 Å². The average Bonchev–Trinajstić information content (AvgIpc) is 2.98. The van der Waals surface area contributed by atoms with Gasteiger partial charge in [-0.15, -0.1) is 0 Å². The van der Waals surface area contributed by atoms with Gasteiger partial charge >= 0.3 is 0 Å². The molecule has 3 rings (SSSR count). The van der Waals surface area contributed by atoms with Crippen LogP contribution in [0.5, 0.6) is 0 Å². The summed E-state index contributed by atoms with van der Waals surface area (Å²) in [6.07, 6.45) is 11.3. The highest BCUT2D eigenvalue weighted by Crippen LogP contribution is 2.23. The van der Waals surface area contributed by atoms with Gasteiger partial charge in [-0.25, -0.2) is 0 Å². The largest absolute Gasteiger partial charge is 0.384 e. The molecule has 0 fully saturated rings. The molecule has 3 N–H and O–H groups in total. The summed E-state index contributed by atoms with van der Waals surface area (Å²) < 4.78 is 1.27. The third-order valence-electron chi connectivity index (χ3n) is 5.47. The van der Waals surface area contributed by atoms with Crippen molar-refractivity contribution in [3.63, 3.8) is 0 Å². The van der Waals surface area contributed by atoms with Gasteiger partial charge < -0.3 is 5.73 Å². The number of hydrogen-bond donors (Lipinski definition) is 2. The van der Waals surface area contributed by atoms with Crippen LogP contribution < -0.4 is 16.6 Å². The number of aryl methyl sites for hydroxylation is 1. The number of unbranched alkanes of at least 4 members (excludes halogenated alkanes) is 7. The summed E-state index contributed by atoms with van der Waals surface area (Å²) >= 11 is 0. The van der Waals surface area contributed by atoms with E-state index in [1.54, 1.807) is 0 Å². The van der Waals surface area contributed by atoms with Gasteiger partial charge in [0.05, 0.1) is 16.8 Å². The van der Waals surface area contributed by atoms with E-state index in [1.165, 1.54) is 61.1 Å². The molecule has 0 bridgehead atoms. The van der Waals surface area contributed by atoms with Crippen molar-refractivity contribution in [2.24, 2.45) is 0 Å². The quantitative estimate of drug-likeness (QED) is 0.470. The normalized spacial score (nSPS) is 12.9. The molecule has 0 saturated heterocycles. The molecule has 6 nitrogen and oxygen atoms in total. The fourth-order valence-corrected chi connectivity index (χ4v) is 3.82. The van der Waals surface area contributed by atoms with Crippen LogP contribution in [0.2, 0.25) is 0 Å². The lowest BCUT2D eigenvalue weighted by Crippen LogP contribution is -2.24. The van der Waals surface area contributed by atoms with Crippen molar-refractivity contribution in [3.05, 3.63) is 57.4 Å². The lowest BCUT2D eigenvalue weighted by Gasteiger charge is -2.12. The number of hydrogen-bond acceptors (Lipinski definition) is 4. The summed E-state index contributed by atoms with van der Waals surface area (Å²) in [4.78, 5) is 36.2. The van der Waals surface area contributed by atoms with Crippen molar-refractivity contribution in [2.45, 2.75) is 64.7 Å². The van der Waals surface area contributed by atoms with Gasteiger partial charge in [0.15, 0.2) is 0 Å². The van der Waals surface area contributed by atoms with Crippen molar-refractivity contribution in [1.82, 2.24) is 9.88 Å². The molecule has 0 unspecified atom stereocenters. The number of anilines is 1. The van der Waals surface area contributed by atoms with Crippen LogP contribution in [0.25, 0.3) is 5.69 Å². The Balaban J connectivity index is 1.61. The predicted molar refractivity (Wildman–Crippen MR) is 115 cm³/mol. The Hall–Kier alpha value is -2.89. The Morgan fingerprint density at radius 1 is 0.862 bits per heavy atom. The number of pyridine rings is 1. The van der Waals surface area contributed by atoms with Gasteiger partial charge in [-0.3, -0.25) is 24.3 Å². The number of nitrogens with one attached hydrogen (secondary N) is 1. The van der Waals surface area contributed by atoms with Gasteiger partial charge in [-0.2, -0.15) is 0 Å². The Kier molecular flexibility index (Phi) is 6.86. The van der Waals surface area contributed by atoms with Crippen molar-refractivity contribution in [3.8, 4) is 5.69 Å². The molecule has 6 heteroatoms. The molecule has 2 amide bonds. The highest BCUT2D eigenvalue weighted by molar-refractivity contribution is 6.23. The van der Waals surface area contributed by atoms with Crippen molar-refractivity contribution in [2.75, 3.05) is 5.73 Å². The first-order valence-electron chi connectivity index (χ1n) is 10.5. The van der Waals surface area contributed by atoms with E-state index in [4.69, 9.17) is 5.73 Å². The zero-order chi connectivity index (χ0) is 20.8. The molecule has 0 saturated carbocycles. The molecule has 1 aliphatic rings. The number of amides is 2. The summed E-state index contributed by atoms with van der Waals surface area (Å²) in [6.45, 7) is 2.23. The standard InChI is InChI=1S/C23H29N3O3/c1-2-3-4-5-6-7-8-9-10-16-11-13-17(14-12-16)26-19(27)15-18-20(21(26)24)23(29)25-22(18)28/h11-15H,2-10,24H2,1H3,(H,25,28,29). The fraction of sp³-hybridized carbons (Fsp3) is 0.435. The number of aromatic nitrogens is 1. The minimum absolute atomic E-state index is 0.00771. The number of rotatable bonds is 10. The van der Waals surface area contributed by atoms with Crippen LogP contribution in [0, 0.1) is 0 Å². The first-order valence-corrected chi connectivity index (χ1v) is 10.5. The van der Waals surface area contributed by atoms with E-state index in [0.29, 0.717) is 5.69 Å². The summed E-state index contributed by atoms with van der Waals surface area (Å²) in [6, 6.07) is 8.81. The number of carbonyl (C=O) groups is 2. The Morgan fingerprint density at radius 2 is 1.48 bits per heavy atom. The topological polar surface area (TPSA) is 94.2 Å². The predicted octanol–water partition coefficient (Wildman–Crippen LogP) is 3.99. The lowest BCUT2D eigenvalue weighted by atomic mass is 10.0. The molecule has 0 atom stereocenters. The lowest BCUT2D eigenvalue weighted by molar-refractivity contribution is 0.0880. The molecule has 2 heterocycles. The van der Waals surface area contributed by atoms with E-state index in [1.807, 2.05) is 24.3 Å². The summed E-state index contributed by atoms with van der Waals surface area (Å²) in [7, 11) is 0. The van der Waals surface area contributed by atoms with Crippen LogP contribution in [-0.2, 0) is 6.42 Å². The number of nitrogens with zero attached hydrogens (tertiary/aromatic N) is 1. The van der Waals surface area contributed by atoms with Crippen molar-refractivity contribution >= 4 is 17.6 Å². The van der Waals surface area contributed by atoms with Gasteiger partial charge in [0.1, 0.15) is 5.82 Å². The van der Waals surface area contributed by atoms with E-state index >= 15 is 0 Å². The molecule has 0 spiro atoms. The van der Waals surface area contributed by atoms with Gasteiger partial charge in [0.2, 0.25) is 0 Å². The van der Waals surface area contributed by atoms with E-state index in [-0.39, 0.29) is 16.9 Å². The highest BCUT2D eigenvalue weighted by atomic mass is 16.2. The molecule has 29 heavy (non-hydrogen) atoms. The number of imide groups is 1. The number of carbonyl (C=O) groups excluding carboxylic acids is 2. The number of nitrogen functional groups attached to an aromatic ring is 1. The monoisotopic (exact) mass is 395 g/mol. The Morgan fingerprint density at radius 3 is 2.14 bits per heavy atom. The van der Waals surface area contributed by atoms with Crippen LogP contribution in [0.1, 0.15) is 84.6 Å². The van der Waals surface area contributed by atoms with Gasteiger partial charge in [-0.1, -0.05) is 64.0 Å². The summed E-state index contributed by atoms with van der Waals surface area (Å²) in [5.74, 6) is -1.16. The summed E-state index contributed by atoms with van der Waals surface area (Å²) in [5.41, 5.74) is 7.54. The molecule has 0 aliphatic carbocycles. The fourth-order valence-electron chi connectivity index (χ4n) is 3.82. The zero-order valence-corrected chi connectivity index (χ0v) is 17.0. The third kappa shape index (κ3) is 4.75. The van der Waals surface area contributed by atoms with Gasteiger partial charge in [0.25, 0.3) is 17.4 Å². The second-order valence-corrected chi connectivity index (χ2v) is 7.67. The maximum atomic E-state index is 12.5.